The first-order chi connectivity index (χ1) is 13.8. The van der Waals surface area contributed by atoms with Crippen molar-refractivity contribution >= 4 is 34.6 Å². The number of aliphatic imine (C=N–C) groups is 1. The molecule has 0 saturated carbocycles. The van der Waals surface area contributed by atoms with Gasteiger partial charge >= 0.3 is 0 Å². The Hall–Kier alpha value is -2.91. The fraction of sp³-hybridized carbons (Fsp3) is 0.200. The van der Waals surface area contributed by atoms with Crippen LogP contribution in [0.15, 0.2) is 77.8 Å². The standard InChI is InChI=1S/C25H23ClN2O/c1-25(2,3)18-10-14-20(15-11-18)27-23-21-6-4-5-7-22(21)28(24(23)29)16-17-8-12-19(26)13-9-17/h4-15H,16H2,1-3H3. The summed E-state index contributed by atoms with van der Waals surface area (Å²) in [5.74, 6) is -0.0824. The molecule has 0 fully saturated rings. The maximum absolute atomic E-state index is 13.2. The van der Waals surface area contributed by atoms with Crippen molar-refractivity contribution in [2.24, 2.45) is 4.99 Å². The Kier molecular flexibility index (Phi) is 5.01. The van der Waals surface area contributed by atoms with Gasteiger partial charge in [-0.25, -0.2) is 4.99 Å². The highest BCUT2D eigenvalue weighted by molar-refractivity contribution is 6.54. The molecular formula is C25H23ClN2O. The molecule has 0 bridgehead atoms. The lowest BCUT2D eigenvalue weighted by atomic mass is 9.87. The van der Waals surface area contributed by atoms with Crippen molar-refractivity contribution in [3.8, 4) is 0 Å². The predicted octanol–water partition coefficient (Wildman–Crippen LogP) is 6.31. The Balaban J connectivity index is 1.68. The molecule has 1 aliphatic heterocycles. The van der Waals surface area contributed by atoms with Crippen LogP contribution in [0.3, 0.4) is 0 Å². The minimum absolute atomic E-state index is 0.0802. The summed E-state index contributed by atoms with van der Waals surface area (Å²) < 4.78 is 0. The third kappa shape index (κ3) is 3.96. The average molecular weight is 403 g/mol. The normalized spacial score (nSPS) is 15.1. The van der Waals surface area contributed by atoms with Crippen molar-refractivity contribution < 1.29 is 4.79 Å². The molecular weight excluding hydrogens is 380 g/mol. The van der Waals surface area contributed by atoms with Gasteiger partial charge in [0.15, 0.2) is 0 Å². The second-order valence-corrected chi connectivity index (χ2v) is 8.73. The van der Waals surface area contributed by atoms with Crippen molar-refractivity contribution in [3.05, 3.63) is 94.5 Å². The van der Waals surface area contributed by atoms with E-state index in [1.807, 2.05) is 60.7 Å². The molecule has 29 heavy (non-hydrogen) atoms. The van der Waals surface area contributed by atoms with Gasteiger partial charge in [0.1, 0.15) is 5.71 Å². The highest BCUT2D eigenvalue weighted by atomic mass is 35.5. The molecule has 3 aromatic carbocycles. The minimum Gasteiger partial charge on any atom is -0.302 e. The summed E-state index contributed by atoms with van der Waals surface area (Å²) in [5.41, 5.74) is 5.36. The Morgan fingerprint density at radius 1 is 0.897 bits per heavy atom. The largest absolute Gasteiger partial charge is 0.302 e. The van der Waals surface area contributed by atoms with Gasteiger partial charge in [-0.05, 0) is 46.9 Å². The molecule has 3 aromatic rings. The topological polar surface area (TPSA) is 32.7 Å². The lowest BCUT2D eigenvalue weighted by Crippen LogP contribution is -2.29. The number of benzene rings is 3. The monoisotopic (exact) mass is 402 g/mol. The van der Waals surface area contributed by atoms with Crippen molar-refractivity contribution in [2.75, 3.05) is 4.90 Å². The van der Waals surface area contributed by atoms with Crippen LogP contribution >= 0.6 is 11.6 Å². The molecule has 4 rings (SSSR count). The molecule has 0 unspecified atom stereocenters. The third-order valence-corrected chi connectivity index (χ3v) is 5.38. The number of hydrogen-bond acceptors (Lipinski definition) is 2. The van der Waals surface area contributed by atoms with E-state index in [-0.39, 0.29) is 11.3 Å². The molecule has 0 spiro atoms. The molecule has 4 heteroatoms. The Morgan fingerprint density at radius 2 is 1.55 bits per heavy atom. The van der Waals surface area contributed by atoms with E-state index in [9.17, 15) is 4.79 Å². The number of carbonyl (C=O) groups is 1. The van der Waals surface area contributed by atoms with Crippen LogP contribution in [0.2, 0.25) is 5.02 Å². The van der Waals surface area contributed by atoms with Crippen molar-refractivity contribution in [2.45, 2.75) is 32.7 Å². The first-order valence-corrected chi connectivity index (χ1v) is 10.1. The average Bonchev–Trinajstić information content (AvgIpc) is 2.95. The van der Waals surface area contributed by atoms with Gasteiger partial charge in [0.25, 0.3) is 5.91 Å². The highest BCUT2D eigenvalue weighted by Crippen LogP contribution is 2.32. The first-order valence-electron chi connectivity index (χ1n) is 9.68. The van der Waals surface area contributed by atoms with Gasteiger partial charge in [-0.1, -0.05) is 74.8 Å². The number of carbonyl (C=O) groups excluding carboxylic acids is 1. The summed E-state index contributed by atoms with van der Waals surface area (Å²) in [4.78, 5) is 19.7. The number of nitrogens with zero attached hydrogens (tertiary/aromatic N) is 2. The van der Waals surface area contributed by atoms with Crippen LogP contribution in [0.25, 0.3) is 0 Å². The number of halogens is 1. The Morgan fingerprint density at radius 3 is 2.21 bits per heavy atom. The second-order valence-electron chi connectivity index (χ2n) is 8.29. The Bertz CT molecular complexity index is 1080. The lowest BCUT2D eigenvalue weighted by molar-refractivity contribution is -0.112. The van der Waals surface area contributed by atoms with Gasteiger partial charge < -0.3 is 4.90 Å². The molecule has 0 atom stereocenters. The third-order valence-electron chi connectivity index (χ3n) is 5.13. The van der Waals surface area contributed by atoms with Crippen molar-refractivity contribution in [1.82, 2.24) is 0 Å². The number of fused-ring (bicyclic) bond motifs is 1. The summed E-state index contributed by atoms with van der Waals surface area (Å²) >= 11 is 5.99. The van der Waals surface area contributed by atoms with Crippen LogP contribution in [0.1, 0.15) is 37.5 Å². The van der Waals surface area contributed by atoms with E-state index in [1.54, 1.807) is 4.90 Å². The summed E-state index contributed by atoms with van der Waals surface area (Å²) in [5, 5.41) is 0.683. The predicted molar refractivity (Wildman–Crippen MR) is 120 cm³/mol. The van der Waals surface area contributed by atoms with Crippen LogP contribution in [-0.4, -0.2) is 11.6 Å². The second kappa shape index (κ2) is 7.49. The molecule has 0 radical (unpaired) electrons. The quantitative estimate of drug-likeness (QED) is 0.505. The zero-order valence-corrected chi connectivity index (χ0v) is 17.6. The van der Waals surface area contributed by atoms with Crippen molar-refractivity contribution in [3.63, 3.8) is 0 Å². The van der Waals surface area contributed by atoms with E-state index in [2.05, 4.69) is 32.9 Å². The summed E-state index contributed by atoms with van der Waals surface area (Å²) in [6.07, 6.45) is 0. The molecule has 146 valence electrons. The van der Waals surface area contributed by atoms with E-state index in [0.717, 1.165) is 22.5 Å². The van der Waals surface area contributed by atoms with E-state index >= 15 is 0 Å². The fourth-order valence-corrected chi connectivity index (χ4v) is 3.59. The molecule has 1 heterocycles. The minimum atomic E-state index is -0.0824. The zero-order valence-electron chi connectivity index (χ0n) is 16.8. The fourth-order valence-electron chi connectivity index (χ4n) is 3.46. The Labute approximate surface area is 176 Å². The molecule has 1 aliphatic rings. The maximum atomic E-state index is 13.2. The van der Waals surface area contributed by atoms with Crippen LogP contribution in [-0.2, 0) is 16.8 Å². The molecule has 0 aliphatic carbocycles. The van der Waals surface area contributed by atoms with Gasteiger partial charge in [-0.2, -0.15) is 0 Å². The van der Waals surface area contributed by atoms with Gasteiger partial charge in [0, 0.05) is 10.6 Å². The number of hydrogen-bond donors (Lipinski definition) is 0. The van der Waals surface area contributed by atoms with E-state index in [4.69, 9.17) is 16.6 Å². The summed E-state index contributed by atoms with van der Waals surface area (Å²) in [6, 6.07) is 23.5. The lowest BCUT2D eigenvalue weighted by Gasteiger charge is -2.18. The number of para-hydroxylation sites is 1. The van der Waals surface area contributed by atoms with Crippen LogP contribution in [0.4, 0.5) is 11.4 Å². The molecule has 3 nitrogen and oxygen atoms in total. The highest BCUT2D eigenvalue weighted by Gasteiger charge is 2.33. The van der Waals surface area contributed by atoms with Gasteiger partial charge in [0.05, 0.1) is 17.9 Å². The van der Waals surface area contributed by atoms with E-state index < -0.39 is 0 Å². The summed E-state index contributed by atoms with van der Waals surface area (Å²) in [7, 11) is 0. The van der Waals surface area contributed by atoms with E-state index in [1.165, 1.54) is 5.56 Å². The molecule has 1 amide bonds. The van der Waals surface area contributed by atoms with Crippen LogP contribution < -0.4 is 4.90 Å². The zero-order chi connectivity index (χ0) is 20.6. The molecule has 0 aromatic heterocycles. The van der Waals surface area contributed by atoms with Crippen molar-refractivity contribution in [1.29, 1.82) is 0 Å². The van der Waals surface area contributed by atoms with Gasteiger partial charge in [-0.15, -0.1) is 0 Å². The van der Waals surface area contributed by atoms with Gasteiger partial charge in [-0.3, -0.25) is 4.79 Å². The van der Waals surface area contributed by atoms with Crippen LogP contribution in [0.5, 0.6) is 0 Å². The maximum Gasteiger partial charge on any atom is 0.277 e. The van der Waals surface area contributed by atoms with E-state index in [0.29, 0.717) is 17.3 Å². The first kappa shape index (κ1) is 19.4. The smallest absolute Gasteiger partial charge is 0.277 e. The SMILES string of the molecule is CC(C)(C)c1ccc(N=C2C(=O)N(Cc3ccc(Cl)cc3)c3ccccc32)cc1. The molecule has 0 N–H and O–H groups in total. The summed E-state index contributed by atoms with van der Waals surface area (Å²) in [6.45, 7) is 7.02. The molecule has 0 saturated heterocycles. The number of rotatable bonds is 3. The number of amides is 1. The van der Waals surface area contributed by atoms with Gasteiger partial charge in [0.2, 0.25) is 0 Å². The van der Waals surface area contributed by atoms with Crippen LogP contribution in [0, 0.1) is 0 Å². The number of anilines is 1.